The van der Waals surface area contributed by atoms with Crippen molar-refractivity contribution in [3.8, 4) is 0 Å². The molecule has 130 valence electrons. The highest BCUT2D eigenvalue weighted by Gasteiger charge is 2.34. The van der Waals surface area contributed by atoms with Gasteiger partial charge < -0.3 is 15.5 Å². The lowest BCUT2D eigenvalue weighted by Crippen LogP contribution is -2.45. The van der Waals surface area contributed by atoms with Gasteiger partial charge in [-0.05, 0) is 56.2 Å². The SMILES string of the molecule is Cc1ccc(NC(=O)N2CCC[C@H]2C(=O)Nc2ccc(F)cc2)cc1. The van der Waals surface area contributed by atoms with Crippen molar-refractivity contribution in [3.05, 3.63) is 59.9 Å². The van der Waals surface area contributed by atoms with Crippen molar-refractivity contribution < 1.29 is 14.0 Å². The fraction of sp³-hybridized carbons (Fsp3) is 0.263. The van der Waals surface area contributed by atoms with Gasteiger partial charge in [0.25, 0.3) is 0 Å². The van der Waals surface area contributed by atoms with Crippen LogP contribution >= 0.6 is 0 Å². The predicted molar refractivity (Wildman–Crippen MR) is 95.0 cm³/mol. The van der Waals surface area contributed by atoms with Gasteiger partial charge in [0, 0.05) is 17.9 Å². The average Bonchev–Trinajstić information content (AvgIpc) is 3.09. The first kappa shape index (κ1) is 17.0. The largest absolute Gasteiger partial charge is 0.324 e. The van der Waals surface area contributed by atoms with E-state index in [9.17, 15) is 14.0 Å². The number of carbonyl (C=O) groups excluding carboxylic acids is 2. The number of hydrogen-bond donors (Lipinski definition) is 2. The topological polar surface area (TPSA) is 61.4 Å². The summed E-state index contributed by atoms with van der Waals surface area (Å²) in [5, 5.41) is 5.56. The molecule has 1 saturated heterocycles. The Labute approximate surface area is 145 Å². The van der Waals surface area contributed by atoms with Gasteiger partial charge in [0.2, 0.25) is 5.91 Å². The highest BCUT2D eigenvalue weighted by atomic mass is 19.1. The Hall–Kier alpha value is -2.89. The summed E-state index contributed by atoms with van der Waals surface area (Å²) in [6.07, 6.45) is 1.37. The van der Waals surface area contributed by atoms with E-state index >= 15 is 0 Å². The second-order valence-corrected chi connectivity index (χ2v) is 6.14. The minimum Gasteiger partial charge on any atom is -0.324 e. The quantitative estimate of drug-likeness (QED) is 0.893. The molecule has 1 heterocycles. The molecule has 0 unspecified atom stereocenters. The minimum atomic E-state index is -0.532. The van der Waals surface area contributed by atoms with Crippen LogP contribution in [-0.4, -0.2) is 29.4 Å². The Kier molecular flexibility index (Phi) is 4.97. The highest BCUT2D eigenvalue weighted by molar-refractivity contribution is 5.99. The number of hydrogen-bond acceptors (Lipinski definition) is 2. The van der Waals surface area contributed by atoms with Crippen molar-refractivity contribution in [1.29, 1.82) is 0 Å². The summed E-state index contributed by atoms with van der Waals surface area (Å²) < 4.78 is 13.0. The number of benzene rings is 2. The van der Waals surface area contributed by atoms with Crippen molar-refractivity contribution in [2.24, 2.45) is 0 Å². The average molecular weight is 341 g/mol. The molecule has 0 aromatic heterocycles. The van der Waals surface area contributed by atoms with Crippen LogP contribution in [0.3, 0.4) is 0 Å². The Morgan fingerprint density at radius 1 is 1.00 bits per heavy atom. The molecule has 1 aliphatic rings. The molecule has 0 aliphatic carbocycles. The number of anilines is 2. The van der Waals surface area contributed by atoms with Crippen LogP contribution in [0.25, 0.3) is 0 Å². The Morgan fingerprint density at radius 2 is 1.60 bits per heavy atom. The molecular weight excluding hydrogens is 321 g/mol. The third kappa shape index (κ3) is 4.15. The van der Waals surface area contributed by atoms with E-state index in [4.69, 9.17) is 0 Å². The van der Waals surface area contributed by atoms with Crippen LogP contribution in [-0.2, 0) is 4.79 Å². The van der Waals surface area contributed by atoms with Crippen molar-refractivity contribution in [2.75, 3.05) is 17.2 Å². The van der Waals surface area contributed by atoms with Crippen LogP contribution in [0.2, 0.25) is 0 Å². The van der Waals surface area contributed by atoms with E-state index in [1.54, 1.807) is 4.90 Å². The van der Waals surface area contributed by atoms with Crippen molar-refractivity contribution in [1.82, 2.24) is 4.90 Å². The van der Waals surface area contributed by atoms with Gasteiger partial charge in [-0.2, -0.15) is 0 Å². The van der Waals surface area contributed by atoms with Crippen molar-refractivity contribution >= 4 is 23.3 Å². The molecule has 25 heavy (non-hydrogen) atoms. The smallest absolute Gasteiger partial charge is 0.322 e. The molecule has 1 aliphatic heterocycles. The van der Waals surface area contributed by atoms with E-state index in [-0.39, 0.29) is 17.8 Å². The summed E-state index contributed by atoms with van der Waals surface area (Å²) in [6.45, 7) is 2.50. The van der Waals surface area contributed by atoms with Crippen LogP contribution in [0, 0.1) is 12.7 Å². The molecule has 3 amide bonds. The summed E-state index contributed by atoms with van der Waals surface area (Å²) in [7, 11) is 0. The van der Waals surface area contributed by atoms with Crippen LogP contribution in [0.1, 0.15) is 18.4 Å². The Balaban J connectivity index is 1.64. The van der Waals surface area contributed by atoms with Gasteiger partial charge in [-0.25, -0.2) is 9.18 Å². The van der Waals surface area contributed by atoms with Crippen LogP contribution < -0.4 is 10.6 Å². The van der Waals surface area contributed by atoms with Gasteiger partial charge in [-0.3, -0.25) is 4.79 Å². The van der Waals surface area contributed by atoms with Crippen LogP contribution in [0.5, 0.6) is 0 Å². The summed E-state index contributed by atoms with van der Waals surface area (Å²) in [6, 6.07) is 12.2. The summed E-state index contributed by atoms with van der Waals surface area (Å²) in [4.78, 5) is 26.5. The van der Waals surface area contributed by atoms with Gasteiger partial charge in [0.15, 0.2) is 0 Å². The maximum Gasteiger partial charge on any atom is 0.322 e. The van der Waals surface area contributed by atoms with E-state index in [0.717, 1.165) is 12.0 Å². The lowest BCUT2D eigenvalue weighted by atomic mass is 10.2. The molecule has 0 radical (unpaired) electrons. The monoisotopic (exact) mass is 341 g/mol. The first-order valence-electron chi connectivity index (χ1n) is 8.23. The van der Waals surface area contributed by atoms with Gasteiger partial charge in [0.05, 0.1) is 0 Å². The number of rotatable bonds is 3. The lowest BCUT2D eigenvalue weighted by Gasteiger charge is -2.24. The first-order valence-corrected chi connectivity index (χ1v) is 8.23. The summed E-state index contributed by atoms with van der Waals surface area (Å²) in [5.41, 5.74) is 2.31. The highest BCUT2D eigenvalue weighted by Crippen LogP contribution is 2.21. The Morgan fingerprint density at radius 3 is 2.28 bits per heavy atom. The molecule has 1 fully saturated rings. The third-order valence-electron chi connectivity index (χ3n) is 4.23. The number of urea groups is 1. The number of nitrogens with one attached hydrogen (secondary N) is 2. The fourth-order valence-electron chi connectivity index (χ4n) is 2.87. The van der Waals surface area contributed by atoms with Gasteiger partial charge in [0.1, 0.15) is 11.9 Å². The molecule has 3 rings (SSSR count). The molecular formula is C19H20FN3O2. The van der Waals surface area contributed by atoms with Crippen LogP contribution in [0.4, 0.5) is 20.6 Å². The molecule has 6 heteroatoms. The van der Waals surface area contributed by atoms with E-state index in [0.29, 0.717) is 24.3 Å². The zero-order valence-electron chi connectivity index (χ0n) is 14.0. The maximum atomic E-state index is 13.0. The molecule has 0 spiro atoms. The minimum absolute atomic E-state index is 0.261. The number of nitrogens with zero attached hydrogens (tertiary/aromatic N) is 1. The van der Waals surface area contributed by atoms with E-state index in [2.05, 4.69) is 10.6 Å². The van der Waals surface area contributed by atoms with Crippen molar-refractivity contribution in [2.45, 2.75) is 25.8 Å². The third-order valence-corrected chi connectivity index (χ3v) is 4.23. The number of likely N-dealkylation sites (tertiary alicyclic amines) is 1. The standard InChI is InChI=1S/C19H20FN3O2/c1-13-4-8-16(9-5-13)22-19(25)23-12-2-3-17(23)18(24)21-15-10-6-14(20)7-11-15/h4-11,17H,2-3,12H2,1H3,(H,21,24)(H,22,25)/t17-/m0/s1. The first-order chi connectivity index (χ1) is 12.0. The number of aryl methyl sites for hydroxylation is 1. The summed E-state index contributed by atoms with van der Waals surface area (Å²) >= 11 is 0. The Bertz CT molecular complexity index is 694. The molecule has 5 nitrogen and oxygen atoms in total. The van der Waals surface area contributed by atoms with Crippen LogP contribution in [0.15, 0.2) is 48.5 Å². The van der Waals surface area contributed by atoms with E-state index < -0.39 is 6.04 Å². The molecule has 2 aromatic carbocycles. The second kappa shape index (κ2) is 7.34. The van der Waals surface area contributed by atoms with Gasteiger partial charge in [-0.1, -0.05) is 17.7 Å². The number of amides is 3. The van der Waals surface area contributed by atoms with Gasteiger partial charge >= 0.3 is 6.03 Å². The lowest BCUT2D eigenvalue weighted by molar-refractivity contribution is -0.119. The second-order valence-electron chi connectivity index (χ2n) is 6.14. The molecule has 2 N–H and O–H groups in total. The molecule has 0 bridgehead atoms. The van der Waals surface area contributed by atoms with Gasteiger partial charge in [-0.15, -0.1) is 0 Å². The maximum absolute atomic E-state index is 13.0. The van der Waals surface area contributed by atoms with Crippen molar-refractivity contribution in [3.63, 3.8) is 0 Å². The molecule has 1 atom stereocenters. The predicted octanol–water partition coefficient (Wildman–Crippen LogP) is 3.77. The summed E-state index contributed by atoms with van der Waals surface area (Å²) in [5.74, 6) is -0.624. The molecule has 2 aromatic rings. The normalized spacial score (nSPS) is 16.6. The molecule has 0 saturated carbocycles. The number of halogens is 1. The fourth-order valence-corrected chi connectivity index (χ4v) is 2.87. The van der Waals surface area contributed by atoms with E-state index in [1.807, 2.05) is 31.2 Å². The zero-order valence-corrected chi connectivity index (χ0v) is 14.0. The van der Waals surface area contributed by atoms with E-state index in [1.165, 1.54) is 24.3 Å². The zero-order chi connectivity index (χ0) is 17.8. The number of carbonyl (C=O) groups is 2.